The number of hydrogen-bond donors (Lipinski definition) is 0. The summed E-state index contributed by atoms with van der Waals surface area (Å²) in [6.07, 6.45) is 5.47. The zero-order valence-corrected chi connectivity index (χ0v) is 8.42. The lowest BCUT2D eigenvalue weighted by Crippen LogP contribution is -2.04. The Morgan fingerprint density at radius 2 is 2.33 bits per heavy atom. The number of ketones is 1. The van der Waals surface area contributed by atoms with E-state index in [0.29, 0.717) is 6.42 Å². The van der Waals surface area contributed by atoms with Crippen LogP contribution in [0.5, 0.6) is 5.75 Å². The topological polar surface area (TPSA) is 26.3 Å². The van der Waals surface area contributed by atoms with Crippen molar-refractivity contribution in [2.45, 2.75) is 13.3 Å². The van der Waals surface area contributed by atoms with E-state index >= 15 is 0 Å². The number of terminal acetylenes is 1. The number of rotatable bonds is 4. The van der Waals surface area contributed by atoms with Crippen molar-refractivity contribution >= 4 is 5.78 Å². The van der Waals surface area contributed by atoms with Gasteiger partial charge in [-0.3, -0.25) is 4.79 Å². The third-order valence-corrected chi connectivity index (χ3v) is 1.83. The van der Waals surface area contributed by atoms with Crippen LogP contribution in [0.4, 0.5) is 4.39 Å². The molecule has 0 fully saturated rings. The Morgan fingerprint density at radius 3 is 2.93 bits per heavy atom. The van der Waals surface area contributed by atoms with Gasteiger partial charge >= 0.3 is 0 Å². The van der Waals surface area contributed by atoms with Crippen LogP contribution in [0.25, 0.3) is 0 Å². The molecule has 1 aromatic rings. The number of Topliss-reactive ketones (excluding diaryl/α,β-unsaturated/α-hetero) is 1. The predicted octanol–water partition coefficient (Wildman–Crippen LogP) is 2.43. The third kappa shape index (κ3) is 2.81. The molecule has 0 bridgehead atoms. The number of hydrogen-bond acceptors (Lipinski definition) is 2. The standard InChI is InChI=1S/C12H11FO2/c1-3-4-8-15-11-7-5-6-10(13)12(11)9(2)14/h1,5-7H,4,8H2,2H3. The summed E-state index contributed by atoms with van der Waals surface area (Å²) in [6, 6.07) is 4.27. The number of carbonyl (C=O) groups is 1. The average molecular weight is 206 g/mol. The number of ether oxygens (including phenoxy) is 1. The first-order valence-corrected chi connectivity index (χ1v) is 4.52. The summed E-state index contributed by atoms with van der Waals surface area (Å²) in [6.45, 7) is 1.58. The van der Waals surface area contributed by atoms with Gasteiger partial charge in [-0.15, -0.1) is 12.3 Å². The van der Waals surface area contributed by atoms with E-state index in [0.717, 1.165) is 0 Å². The summed E-state index contributed by atoms with van der Waals surface area (Å²) in [4.78, 5) is 11.2. The normalized spacial score (nSPS) is 9.40. The maximum atomic E-state index is 13.3. The Balaban J connectivity index is 2.92. The highest BCUT2D eigenvalue weighted by molar-refractivity contribution is 5.97. The summed E-state index contributed by atoms with van der Waals surface area (Å²) in [5.74, 6) is 1.72. The molecule has 0 aliphatic rings. The summed E-state index contributed by atoms with van der Waals surface area (Å²) in [5.41, 5.74) is -0.0190. The first kappa shape index (κ1) is 11.3. The minimum absolute atomic E-state index is 0.0190. The van der Waals surface area contributed by atoms with Crippen LogP contribution in [-0.4, -0.2) is 12.4 Å². The molecule has 0 spiro atoms. The van der Waals surface area contributed by atoms with Gasteiger partial charge in [0.25, 0.3) is 0 Å². The van der Waals surface area contributed by atoms with Crippen molar-refractivity contribution in [3.8, 4) is 18.1 Å². The van der Waals surface area contributed by atoms with Crippen LogP contribution in [-0.2, 0) is 0 Å². The predicted molar refractivity (Wildman–Crippen MR) is 55.3 cm³/mol. The molecule has 0 aromatic heterocycles. The van der Waals surface area contributed by atoms with Gasteiger partial charge in [0.1, 0.15) is 11.6 Å². The van der Waals surface area contributed by atoms with E-state index in [9.17, 15) is 9.18 Å². The monoisotopic (exact) mass is 206 g/mol. The molecule has 78 valence electrons. The molecule has 2 nitrogen and oxygen atoms in total. The van der Waals surface area contributed by atoms with Crippen molar-refractivity contribution in [3.05, 3.63) is 29.6 Å². The number of benzene rings is 1. The number of carbonyl (C=O) groups excluding carboxylic acids is 1. The SMILES string of the molecule is C#CCCOc1cccc(F)c1C(C)=O. The molecule has 0 unspecified atom stereocenters. The van der Waals surface area contributed by atoms with Gasteiger partial charge in [0.15, 0.2) is 5.78 Å². The van der Waals surface area contributed by atoms with E-state index in [1.165, 1.54) is 19.1 Å². The van der Waals surface area contributed by atoms with Gasteiger partial charge in [-0.25, -0.2) is 4.39 Å². The second-order valence-electron chi connectivity index (χ2n) is 2.97. The smallest absolute Gasteiger partial charge is 0.166 e. The van der Waals surface area contributed by atoms with Crippen LogP contribution in [0.1, 0.15) is 23.7 Å². The van der Waals surface area contributed by atoms with E-state index in [1.54, 1.807) is 6.07 Å². The highest BCUT2D eigenvalue weighted by atomic mass is 19.1. The largest absolute Gasteiger partial charge is 0.492 e. The third-order valence-electron chi connectivity index (χ3n) is 1.83. The van der Waals surface area contributed by atoms with E-state index in [-0.39, 0.29) is 23.7 Å². The zero-order chi connectivity index (χ0) is 11.3. The molecule has 1 aromatic carbocycles. The van der Waals surface area contributed by atoms with Crippen molar-refractivity contribution in [2.75, 3.05) is 6.61 Å². The Labute approximate surface area is 88.1 Å². The molecule has 0 saturated heterocycles. The minimum Gasteiger partial charge on any atom is -0.492 e. The van der Waals surface area contributed by atoms with Gasteiger partial charge in [0, 0.05) is 6.42 Å². The molecule has 0 heterocycles. The Hall–Kier alpha value is -1.82. The molecule has 3 heteroatoms. The lowest BCUT2D eigenvalue weighted by Gasteiger charge is -2.08. The van der Waals surface area contributed by atoms with Crippen molar-refractivity contribution in [1.82, 2.24) is 0 Å². The lowest BCUT2D eigenvalue weighted by molar-refractivity contribution is 0.101. The number of halogens is 1. The van der Waals surface area contributed by atoms with Gasteiger partial charge in [0.2, 0.25) is 0 Å². The van der Waals surface area contributed by atoms with Crippen molar-refractivity contribution in [1.29, 1.82) is 0 Å². The van der Waals surface area contributed by atoms with E-state index < -0.39 is 5.82 Å². The van der Waals surface area contributed by atoms with Crippen LogP contribution >= 0.6 is 0 Å². The maximum Gasteiger partial charge on any atom is 0.166 e. The summed E-state index contributed by atoms with van der Waals surface area (Å²) in [7, 11) is 0. The van der Waals surface area contributed by atoms with E-state index in [4.69, 9.17) is 11.2 Å². The second-order valence-corrected chi connectivity index (χ2v) is 2.97. The zero-order valence-electron chi connectivity index (χ0n) is 8.42. The van der Waals surface area contributed by atoms with Gasteiger partial charge in [-0.1, -0.05) is 6.07 Å². The average Bonchev–Trinajstić information content (AvgIpc) is 2.17. The minimum atomic E-state index is -0.569. The van der Waals surface area contributed by atoms with Gasteiger partial charge in [-0.2, -0.15) is 0 Å². The quantitative estimate of drug-likeness (QED) is 0.429. The first-order chi connectivity index (χ1) is 7.16. The highest BCUT2D eigenvalue weighted by Gasteiger charge is 2.13. The van der Waals surface area contributed by atoms with E-state index in [1.807, 2.05) is 0 Å². The highest BCUT2D eigenvalue weighted by Crippen LogP contribution is 2.21. The van der Waals surface area contributed by atoms with Crippen LogP contribution in [0.15, 0.2) is 18.2 Å². The molecule has 0 saturated carbocycles. The van der Waals surface area contributed by atoms with Crippen molar-refractivity contribution in [3.63, 3.8) is 0 Å². The Bertz CT molecular complexity index is 405. The molecule has 1 rings (SSSR count). The van der Waals surface area contributed by atoms with Gasteiger partial charge in [-0.05, 0) is 19.1 Å². The first-order valence-electron chi connectivity index (χ1n) is 4.52. The van der Waals surface area contributed by atoms with E-state index in [2.05, 4.69) is 5.92 Å². The fourth-order valence-corrected chi connectivity index (χ4v) is 1.19. The Kier molecular flexibility index (Phi) is 3.87. The summed E-state index contributed by atoms with van der Waals surface area (Å²) < 4.78 is 18.5. The fraction of sp³-hybridized carbons (Fsp3) is 0.250. The maximum absolute atomic E-state index is 13.3. The molecule has 0 N–H and O–H groups in total. The van der Waals surface area contributed by atoms with Gasteiger partial charge in [0.05, 0.1) is 12.2 Å². The van der Waals surface area contributed by atoms with Crippen LogP contribution < -0.4 is 4.74 Å². The van der Waals surface area contributed by atoms with Gasteiger partial charge < -0.3 is 4.74 Å². The molecular formula is C12H11FO2. The molecular weight excluding hydrogens is 195 g/mol. The molecule has 0 radical (unpaired) electrons. The second kappa shape index (κ2) is 5.16. The molecule has 0 aliphatic carbocycles. The van der Waals surface area contributed by atoms with Crippen molar-refractivity contribution < 1.29 is 13.9 Å². The van der Waals surface area contributed by atoms with Crippen molar-refractivity contribution in [2.24, 2.45) is 0 Å². The Morgan fingerprint density at radius 1 is 1.60 bits per heavy atom. The van der Waals surface area contributed by atoms with Crippen LogP contribution in [0.2, 0.25) is 0 Å². The summed E-state index contributed by atoms with van der Waals surface area (Å²) in [5, 5.41) is 0. The summed E-state index contributed by atoms with van der Waals surface area (Å²) >= 11 is 0. The van der Waals surface area contributed by atoms with Crippen LogP contribution in [0, 0.1) is 18.2 Å². The lowest BCUT2D eigenvalue weighted by atomic mass is 10.1. The molecule has 0 amide bonds. The molecule has 0 aliphatic heterocycles. The molecule has 15 heavy (non-hydrogen) atoms. The fourth-order valence-electron chi connectivity index (χ4n) is 1.19. The van der Waals surface area contributed by atoms with Crippen LogP contribution in [0.3, 0.4) is 0 Å². The molecule has 0 atom stereocenters.